The summed E-state index contributed by atoms with van der Waals surface area (Å²) in [5.41, 5.74) is 2.19. The maximum atomic E-state index is 11.6. The number of benzene rings is 1. The van der Waals surface area contributed by atoms with Gasteiger partial charge in [0.2, 0.25) is 0 Å². The Bertz CT molecular complexity index is 809. The van der Waals surface area contributed by atoms with E-state index in [-0.39, 0.29) is 10.6 Å². The molecule has 2 aliphatic rings. The van der Waals surface area contributed by atoms with Crippen molar-refractivity contribution in [1.29, 1.82) is 0 Å². The molecule has 1 aliphatic carbocycles. The van der Waals surface area contributed by atoms with Crippen molar-refractivity contribution in [1.82, 2.24) is 15.5 Å². The normalized spacial score (nSPS) is 28.3. The van der Waals surface area contributed by atoms with Crippen molar-refractivity contribution in [3.8, 4) is 0 Å². The van der Waals surface area contributed by atoms with Crippen LogP contribution in [0.3, 0.4) is 0 Å². The summed E-state index contributed by atoms with van der Waals surface area (Å²) in [6, 6.07) is 11.2. The lowest BCUT2D eigenvalue weighted by Gasteiger charge is -2.20. The molecule has 1 saturated carbocycles. The van der Waals surface area contributed by atoms with Crippen LogP contribution in [0.5, 0.6) is 0 Å². The Balaban J connectivity index is 1.33. The largest absolute Gasteiger partial charge is 0.367 e. The van der Waals surface area contributed by atoms with Crippen LogP contribution in [0.1, 0.15) is 31.2 Å². The molecule has 2 fully saturated rings. The Kier molecular flexibility index (Phi) is 4.29. The third-order valence-electron chi connectivity index (χ3n) is 5.65. The van der Waals surface area contributed by atoms with Crippen LogP contribution in [0, 0.1) is 5.41 Å². The Morgan fingerprint density at radius 2 is 2.20 bits per heavy atom. The quantitative estimate of drug-likeness (QED) is 0.862. The first kappa shape index (κ1) is 16.6. The summed E-state index contributed by atoms with van der Waals surface area (Å²) in [5, 5.41) is 10.2. The van der Waals surface area contributed by atoms with Gasteiger partial charge in [0.1, 0.15) is 5.02 Å². The molecule has 2 heterocycles. The minimum absolute atomic E-state index is 0.231. The predicted molar refractivity (Wildman–Crippen MR) is 100 cm³/mol. The van der Waals surface area contributed by atoms with Crippen molar-refractivity contribution in [2.75, 3.05) is 24.5 Å². The van der Waals surface area contributed by atoms with Gasteiger partial charge in [0.05, 0.1) is 11.9 Å². The van der Waals surface area contributed by atoms with Crippen molar-refractivity contribution in [2.24, 2.45) is 5.41 Å². The van der Waals surface area contributed by atoms with Gasteiger partial charge in [-0.25, -0.2) is 5.10 Å². The first-order chi connectivity index (χ1) is 12.1. The van der Waals surface area contributed by atoms with E-state index >= 15 is 0 Å². The number of hydrogen-bond acceptors (Lipinski definition) is 4. The highest BCUT2D eigenvalue weighted by atomic mass is 35.5. The summed E-state index contributed by atoms with van der Waals surface area (Å²) in [6.45, 7) is 5.13. The zero-order chi connectivity index (χ0) is 17.4. The molecule has 1 aromatic carbocycles. The summed E-state index contributed by atoms with van der Waals surface area (Å²) in [4.78, 5) is 13.8. The first-order valence-electron chi connectivity index (χ1n) is 8.83. The van der Waals surface area contributed by atoms with Gasteiger partial charge >= 0.3 is 0 Å². The van der Waals surface area contributed by atoms with Crippen LogP contribution in [-0.2, 0) is 0 Å². The Morgan fingerprint density at radius 3 is 3.00 bits per heavy atom. The summed E-state index contributed by atoms with van der Waals surface area (Å²) >= 11 is 6.12. The minimum atomic E-state index is -0.327. The number of anilines is 1. The maximum absolute atomic E-state index is 11.6. The van der Waals surface area contributed by atoms with Gasteiger partial charge in [-0.05, 0) is 29.7 Å². The predicted octanol–water partition coefficient (Wildman–Crippen LogP) is 2.79. The SMILES string of the molecule is C[C@@]1(CNC2CCN(c3cn[nH]c(=O)c3Cl)C2)C[C@H]1c1ccccc1. The average Bonchev–Trinajstić information content (AvgIpc) is 3.08. The van der Waals surface area contributed by atoms with Crippen molar-refractivity contribution >= 4 is 17.3 Å². The molecule has 0 spiro atoms. The van der Waals surface area contributed by atoms with Gasteiger partial charge in [-0.1, -0.05) is 48.9 Å². The number of aromatic nitrogens is 2. The van der Waals surface area contributed by atoms with Gasteiger partial charge < -0.3 is 10.2 Å². The van der Waals surface area contributed by atoms with Crippen LogP contribution < -0.4 is 15.8 Å². The zero-order valence-corrected chi connectivity index (χ0v) is 15.1. The summed E-state index contributed by atoms with van der Waals surface area (Å²) in [5.74, 6) is 0.657. The van der Waals surface area contributed by atoms with Gasteiger partial charge in [-0.15, -0.1) is 0 Å². The minimum Gasteiger partial charge on any atom is -0.367 e. The van der Waals surface area contributed by atoms with E-state index in [1.807, 2.05) is 0 Å². The molecule has 0 radical (unpaired) electrons. The van der Waals surface area contributed by atoms with Crippen LogP contribution in [0.4, 0.5) is 5.69 Å². The second-order valence-electron chi connectivity index (χ2n) is 7.53. The molecule has 5 nitrogen and oxygen atoms in total. The van der Waals surface area contributed by atoms with Gasteiger partial charge in [0.15, 0.2) is 0 Å². The first-order valence-corrected chi connectivity index (χ1v) is 9.21. The van der Waals surface area contributed by atoms with Gasteiger partial charge in [-0.3, -0.25) is 4.79 Å². The molecule has 1 aliphatic heterocycles. The third kappa shape index (κ3) is 3.31. The van der Waals surface area contributed by atoms with Crippen LogP contribution in [0.15, 0.2) is 41.3 Å². The van der Waals surface area contributed by atoms with Crippen LogP contribution >= 0.6 is 11.6 Å². The summed E-state index contributed by atoms with van der Waals surface area (Å²) in [6.07, 6.45) is 3.93. The highest BCUT2D eigenvalue weighted by Gasteiger charge is 2.50. The van der Waals surface area contributed by atoms with Crippen LogP contribution in [0.25, 0.3) is 0 Å². The molecule has 4 rings (SSSR count). The van der Waals surface area contributed by atoms with Crippen LogP contribution in [-0.4, -0.2) is 35.9 Å². The standard InChI is InChI=1S/C19H23ClN4O/c1-19(9-15(19)13-5-3-2-4-6-13)12-21-14-7-8-24(11-14)16-10-22-23-18(25)17(16)20/h2-6,10,14-15,21H,7-9,11-12H2,1H3,(H,23,25)/t14?,15-,19-/m0/s1. The van der Waals surface area contributed by atoms with E-state index in [0.29, 0.717) is 17.4 Å². The Morgan fingerprint density at radius 1 is 1.40 bits per heavy atom. The molecular formula is C19H23ClN4O. The monoisotopic (exact) mass is 358 g/mol. The van der Waals surface area contributed by atoms with Crippen molar-refractivity contribution < 1.29 is 0 Å². The third-order valence-corrected chi connectivity index (χ3v) is 6.02. The van der Waals surface area contributed by atoms with Crippen molar-refractivity contribution in [3.63, 3.8) is 0 Å². The van der Waals surface area contributed by atoms with E-state index in [1.54, 1.807) is 6.20 Å². The molecule has 2 N–H and O–H groups in total. The second-order valence-corrected chi connectivity index (χ2v) is 7.91. The fourth-order valence-corrected chi connectivity index (χ4v) is 4.14. The fraction of sp³-hybridized carbons (Fsp3) is 0.474. The molecule has 25 heavy (non-hydrogen) atoms. The van der Waals surface area contributed by atoms with Crippen molar-refractivity contribution in [2.45, 2.75) is 31.7 Å². The molecule has 3 atom stereocenters. The van der Waals surface area contributed by atoms with E-state index in [4.69, 9.17) is 11.6 Å². The number of rotatable bonds is 5. The molecule has 0 amide bonds. The Hall–Kier alpha value is -1.85. The highest BCUT2D eigenvalue weighted by Crippen LogP contribution is 2.58. The second kappa shape index (κ2) is 6.46. The molecule has 1 aromatic heterocycles. The summed E-state index contributed by atoms with van der Waals surface area (Å²) < 4.78 is 0. The van der Waals surface area contributed by atoms with Crippen LogP contribution in [0.2, 0.25) is 5.02 Å². The molecule has 6 heteroatoms. The zero-order valence-electron chi connectivity index (χ0n) is 14.3. The number of halogens is 1. The van der Waals surface area contributed by atoms with Gasteiger partial charge in [0.25, 0.3) is 5.56 Å². The number of aromatic amines is 1. The highest BCUT2D eigenvalue weighted by molar-refractivity contribution is 6.33. The molecular weight excluding hydrogens is 336 g/mol. The number of H-pyrrole nitrogens is 1. The fourth-order valence-electron chi connectivity index (χ4n) is 3.93. The van der Waals surface area contributed by atoms with E-state index in [1.165, 1.54) is 12.0 Å². The molecule has 1 unspecified atom stereocenters. The lowest BCUT2D eigenvalue weighted by Crippen LogP contribution is -2.36. The molecule has 0 bridgehead atoms. The number of hydrogen-bond donors (Lipinski definition) is 2. The molecule has 2 aromatic rings. The van der Waals surface area contributed by atoms with Crippen molar-refractivity contribution in [3.05, 3.63) is 57.5 Å². The molecule has 1 saturated heterocycles. The Labute approximate surface area is 152 Å². The van der Waals surface area contributed by atoms with E-state index in [2.05, 4.69) is 57.7 Å². The topological polar surface area (TPSA) is 61.0 Å². The number of nitrogens with one attached hydrogen (secondary N) is 2. The summed E-state index contributed by atoms with van der Waals surface area (Å²) in [7, 11) is 0. The molecule has 132 valence electrons. The maximum Gasteiger partial charge on any atom is 0.285 e. The number of nitrogens with zero attached hydrogens (tertiary/aromatic N) is 2. The smallest absolute Gasteiger partial charge is 0.285 e. The lowest BCUT2D eigenvalue weighted by molar-refractivity contribution is 0.439. The van der Waals surface area contributed by atoms with Gasteiger partial charge in [-0.2, -0.15) is 5.10 Å². The van der Waals surface area contributed by atoms with E-state index < -0.39 is 0 Å². The van der Waals surface area contributed by atoms with E-state index in [9.17, 15) is 4.79 Å². The van der Waals surface area contributed by atoms with E-state index in [0.717, 1.165) is 31.7 Å². The van der Waals surface area contributed by atoms with Gasteiger partial charge in [0, 0.05) is 25.7 Å². The lowest BCUT2D eigenvalue weighted by atomic mass is 10.0. The average molecular weight is 359 g/mol.